The fourth-order valence-electron chi connectivity index (χ4n) is 0.809. The van der Waals surface area contributed by atoms with Crippen molar-refractivity contribution in [2.75, 3.05) is 17.8 Å². The molecule has 1 saturated heterocycles. The molecule has 1 aliphatic heterocycles. The highest BCUT2D eigenvalue weighted by Crippen LogP contribution is 2.37. The maximum atomic E-state index is 2.36. The van der Waals surface area contributed by atoms with E-state index in [0.29, 0.717) is 4.75 Å². The first-order valence-electron chi connectivity index (χ1n) is 2.90. The van der Waals surface area contributed by atoms with Crippen molar-refractivity contribution >= 4 is 23.5 Å². The summed E-state index contributed by atoms with van der Waals surface area (Å²) in [4.78, 5) is 0. The van der Waals surface area contributed by atoms with Gasteiger partial charge in [-0.15, -0.1) is 0 Å². The average molecular weight is 148 g/mol. The molecule has 48 valence electrons. The molecule has 0 radical (unpaired) electrons. The fraction of sp³-hybridized carbons (Fsp3) is 1.00. The van der Waals surface area contributed by atoms with Gasteiger partial charge in [-0.2, -0.15) is 23.5 Å². The molecule has 1 heterocycles. The highest BCUT2D eigenvalue weighted by molar-refractivity contribution is 8.04. The van der Waals surface area contributed by atoms with Gasteiger partial charge in [-0.3, -0.25) is 0 Å². The molecule has 0 saturated carbocycles. The molecule has 1 atom stereocenters. The van der Waals surface area contributed by atoms with Crippen LogP contribution in [-0.4, -0.2) is 22.5 Å². The normalized spacial score (nSPS) is 38.2. The van der Waals surface area contributed by atoms with E-state index in [1.165, 1.54) is 17.9 Å². The van der Waals surface area contributed by atoms with E-state index in [4.69, 9.17) is 0 Å². The van der Waals surface area contributed by atoms with Crippen LogP contribution in [0.15, 0.2) is 0 Å². The predicted molar refractivity (Wildman–Crippen MR) is 43.9 cm³/mol. The summed E-state index contributed by atoms with van der Waals surface area (Å²) in [5.41, 5.74) is 0. The second-order valence-electron chi connectivity index (χ2n) is 2.46. The van der Waals surface area contributed by atoms with Crippen molar-refractivity contribution in [2.45, 2.75) is 18.1 Å². The van der Waals surface area contributed by atoms with Crippen LogP contribution in [0.1, 0.15) is 13.3 Å². The molecule has 0 spiro atoms. The Bertz CT molecular complexity index is 74.6. The van der Waals surface area contributed by atoms with Gasteiger partial charge in [0.25, 0.3) is 0 Å². The Hall–Kier alpha value is 0.700. The van der Waals surface area contributed by atoms with Gasteiger partial charge in [-0.1, -0.05) is 0 Å². The summed E-state index contributed by atoms with van der Waals surface area (Å²) in [6.45, 7) is 2.36. The first kappa shape index (κ1) is 6.81. The maximum Gasteiger partial charge on any atom is 0.0227 e. The highest BCUT2D eigenvalue weighted by Gasteiger charge is 2.27. The minimum absolute atomic E-state index is 0.616. The molecule has 1 rings (SSSR count). The summed E-state index contributed by atoms with van der Waals surface area (Å²) < 4.78 is 0.616. The van der Waals surface area contributed by atoms with Crippen LogP contribution in [0.4, 0.5) is 0 Å². The molecule has 0 aromatic heterocycles. The lowest BCUT2D eigenvalue weighted by atomic mass is 10.1. The van der Waals surface area contributed by atoms with Crippen molar-refractivity contribution in [3.63, 3.8) is 0 Å². The standard InChI is InChI=1S/C6H12S2/c1-6(7-2)3-4-8-5-6/h3-5H2,1-2H3. The molecule has 0 bridgehead atoms. The maximum absolute atomic E-state index is 2.36. The van der Waals surface area contributed by atoms with Crippen LogP contribution in [0, 0.1) is 0 Å². The van der Waals surface area contributed by atoms with Crippen LogP contribution in [0.2, 0.25) is 0 Å². The van der Waals surface area contributed by atoms with Crippen molar-refractivity contribution in [1.82, 2.24) is 0 Å². The monoisotopic (exact) mass is 148 g/mol. The van der Waals surface area contributed by atoms with Gasteiger partial charge in [0.1, 0.15) is 0 Å². The smallest absolute Gasteiger partial charge is 0.0227 e. The Kier molecular flexibility index (Phi) is 2.15. The van der Waals surface area contributed by atoms with Gasteiger partial charge in [-0.05, 0) is 25.4 Å². The van der Waals surface area contributed by atoms with E-state index < -0.39 is 0 Å². The van der Waals surface area contributed by atoms with Gasteiger partial charge in [-0.25, -0.2) is 0 Å². The number of hydrogen-bond donors (Lipinski definition) is 0. The largest absolute Gasteiger partial charge is 0.161 e. The minimum Gasteiger partial charge on any atom is -0.161 e. The molecule has 0 nitrogen and oxygen atoms in total. The van der Waals surface area contributed by atoms with E-state index in [2.05, 4.69) is 24.9 Å². The van der Waals surface area contributed by atoms with Crippen molar-refractivity contribution in [3.05, 3.63) is 0 Å². The molecular formula is C6H12S2. The van der Waals surface area contributed by atoms with Gasteiger partial charge in [0.05, 0.1) is 0 Å². The van der Waals surface area contributed by atoms with Gasteiger partial charge >= 0.3 is 0 Å². The molecule has 1 unspecified atom stereocenters. The molecule has 2 heteroatoms. The third kappa shape index (κ3) is 1.35. The predicted octanol–water partition coefficient (Wildman–Crippen LogP) is 2.25. The first-order chi connectivity index (χ1) is 3.77. The molecule has 0 aliphatic carbocycles. The summed E-state index contributed by atoms with van der Waals surface area (Å²) in [5, 5.41) is 0. The molecule has 1 aliphatic rings. The van der Waals surface area contributed by atoms with Crippen LogP contribution in [0.25, 0.3) is 0 Å². The fourth-order valence-corrected chi connectivity index (χ4v) is 3.28. The van der Waals surface area contributed by atoms with E-state index in [-0.39, 0.29) is 0 Å². The second-order valence-corrected chi connectivity index (χ2v) is 4.96. The van der Waals surface area contributed by atoms with Crippen LogP contribution in [0.3, 0.4) is 0 Å². The number of rotatable bonds is 1. The Morgan fingerprint density at radius 3 is 2.62 bits per heavy atom. The Morgan fingerprint density at radius 2 is 2.38 bits per heavy atom. The minimum atomic E-state index is 0.616. The Labute approximate surface area is 59.8 Å². The van der Waals surface area contributed by atoms with E-state index in [1.54, 1.807) is 0 Å². The quantitative estimate of drug-likeness (QED) is 0.559. The van der Waals surface area contributed by atoms with Crippen LogP contribution in [-0.2, 0) is 0 Å². The molecule has 0 amide bonds. The number of thioether (sulfide) groups is 2. The zero-order valence-electron chi connectivity index (χ0n) is 5.44. The molecule has 0 N–H and O–H groups in total. The van der Waals surface area contributed by atoms with Crippen LogP contribution >= 0.6 is 23.5 Å². The van der Waals surface area contributed by atoms with Gasteiger partial charge in [0.15, 0.2) is 0 Å². The van der Waals surface area contributed by atoms with E-state index in [9.17, 15) is 0 Å². The highest BCUT2D eigenvalue weighted by atomic mass is 32.2. The molecule has 8 heavy (non-hydrogen) atoms. The summed E-state index contributed by atoms with van der Waals surface area (Å²) >= 11 is 4.10. The summed E-state index contributed by atoms with van der Waals surface area (Å²) in [7, 11) is 0. The SMILES string of the molecule is CSC1(C)CCSC1. The second kappa shape index (κ2) is 2.53. The van der Waals surface area contributed by atoms with Gasteiger partial charge in [0.2, 0.25) is 0 Å². The summed E-state index contributed by atoms with van der Waals surface area (Å²) in [6, 6.07) is 0. The van der Waals surface area contributed by atoms with Crippen LogP contribution < -0.4 is 0 Å². The van der Waals surface area contributed by atoms with Crippen molar-refractivity contribution in [1.29, 1.82) is 0 Å². The summed E-state index contributed by atoms with van der Waals surface area (Å²) in [5.74, 6) is 2.73. The van der Waals surface area contributed by atoms with Gasteiger partial charge < -0.3 is 0 Å². The van der Waals surface area contributed by atoms with E-state index >= 15 is 0 Å². The summed E-state index contributed by atoms with van der Waals surface area (Å²) in [6.07, 6.45) is 3.62. The van der Waals surface area contributed by atoms with E-state index in [0.717, 1.165) is 0 Å². The molecule has 1 fully saturated rings. The first-order valence-corrected chi connectivity index (χ1v) is 5.28. The van der Waals surface area contributed by atoms with Crippen molar-refractivity contribution in [3.8, 4) is 0 Å². The van der Waals surface area contributed by atoms with Crippen molar-refractivity contribution < 1.29 is 0 Å². The Balaban J connectivity index is 2.40. The third-order valence-corrected chi connectivity index (χ3v) is 4.53. The molecule has 0 aromatic rings. The topological polar surface area (TPSA) is 0 Å². The van der Waals surface area contributed by atoms with E-state index in [1.807, 2.05) is 11.8 Å². The van der Waals surface area contributed by atoms with Crippen molar-refractivity contribution in [2.24, 2.45) is 0 Å². The lowest BCUT2D eigenvalue weighted by Crippen LogP contribution is -2.17. The van der Waals surface area contributed by atoms with Crippen LogP contribution in [0.5, 0.6) is 0 Å². The lowest BCUT2D eigenvalue weighted by Gasteiger charge is -2.18. The number of hydrogen-bond acceptors (Lipinski definition) is 2. The lowest BCUT2D eigenvalue weighted by molar-refractivity contribution is 0.732. The molecule has 0 aromatic carbocycles. The zero-order valence-corrected chi connectivity index (χ0v) is 7.07. The Morgan fingerprint density at radius 1 is 1.62 bits per heavy atom. The zero-order chi connectivity index (χ0) is 6.04. The average Bonchev–Trinajstić information content (AvgIpc) is 2.17. The molecular weight excluding hydrogens is 136 g/mol. The third-order valence-electron chi connectivity index (χ3n) is 1.68. The van der Waals surface area contributed by atoms with Gasteiger partial charge in [0, 0.05) is 10.5 Å².